The number of rotatable bonds is 34. The normalized spacial score (nSPS) is 20.1. The third kappa shape index (κ3) is 20.8. The van der Waals surface area contributed by atoms with E-state index in [2.05, 4.69) is 91.6 Å². The van der Waals surface area contributed by atoms with Gasteiger partial charge in [0.05, 0.1) is 12.1 Å². The van der Waals surface area contributed by atoms with E-state index in [1.807, 2.05) is 41.5 Å². The highest BCUT2D eigenvalue weighted by atomic mass is 16.5. The number of azo groups is 1. The van der Waals surface area contributed by atoms with Crippen molar-refractivity contribution in [3.8, 4) is 35.1 Å². The van der Waals surface area contributed by atoms with E-state index in [0.717, 1.165) is 131 Å². The molecule has 0 N–H and O–H groups in total. The van der Waals surface area contributed by atoms with Gasteiger partial charge in [-0.25, -0.2) is 0 Å². The Hall–Kier alpha value is -4.44. The summed E-state index contributed by atoms with van der Waals surface area (Å²) in [5, 5.41) is 29.3. The maximum Gasteiger partial charge on any atom is 0.311 e. The van der Waals surface area contributed by atoms with Gasteiger partial charge in [0.1, 0.15) is 34.2 Å². The quantitative estimate of drug-likeness (QED) is 0.0383. The maximum absolute atomic E-state index is 13.5. The first-order chi connectivity index (χ1) is 37.6. The number of benzene rings is 2. The van der Waals surface area contributed by atoms with Crippen molar-refractivity contribution in [2.45, 2.75) is 314 Å². The number of fused-ring (bicyclic) bond motifs is 2. The standard InChI is InChI=1S/C70H112N4O6/c1-47(2)25-19-27-49(5)29-21-31-51(7)33-23-39-69(17)43-35-59-57(13)63(53(9)55(11)65(59)79-69)77-61(75)37-41-67(15,45-71)73-74-68(16,46-72)42-38-62(76)78-64-54(10)56(12)66-60(58(64)14)36-44-70(18,80-66)40-24-34-52(8)32-22-30-50(6)28-20-26-48(3)4/h47-52H,19-44H2,1-18H3/t49-,50-,51-,52-,67?,68?,69-,70-/m1/s1. The lowest BCUT2D eigenvalue weighted by Crippen LogP contribution is -2.37. The number of nitriles is 2. The predicted octanol–water partition coefficient (Wildman–Crippen LogP) is 19.7. The van der Waals surface area contributed by atoms with Crippen LogP contribution in [0.1, 0.15) is 282 Å². The molecule has 0 radical (unpaired) electrons. The van der Waals surface area contributed by atoms with Gasteiger partial charge >= 0.3 is 11.9 Å². The second-order valence-electron chi connectivity index (χ2n) is 27.8. The number of carbonyl (C=O) groups excluding carboxylic acids is 2. The average molecular weight is 1110 g/mol. The molecule has 2 unspecified atom stereocenters. The fourth-order valence-electron chi connectivity index (χ4n) is 12.3. The number of hydrogen-bond donors (Lipinski definition) is 0. The van der Waals surface area contributed by atoms with E-state index >= 15 is 0 Å². The summed E-state index contributed by atoms with van der Waals surface area (Å²) >= 11 is 0. The minimum Gasteiger partial charge on any atom is -0.487 e. The second kappa shape index (κ2) is 31.3. The molecule has 0 bridgehead atoms. The van der Waals surface area contributed by atoms with Crippen molar-refractivity contribution in [3.63, 3.8) is 0 Å². The molecule has 2 heterocycles. The molecular weight excluding hydrogens is 993 g/mol. The SMILES string of the molecule is Cc1c(C)c2c(c(C)c1OC(=O)CCC(C)(C#N)N=NC(C)(C#N)CCC(=O)Oc1c(C)c(C)c3c(c1C)CC[C@@](C)(CCC[C@H](C)CCC[C@H](C)CCCC(C)C)O3)CC[C@@](C)(CCC[C@H](C)CCC[C@H](C)CCCC(C)C)O2. The van der Waals surface area contributed by atoms with Gasteiger partial charge in [-0.1, -0.05) is 145 Å². The molecule has 0 aromatic heterocycles. The Labute approximate surface area is 488 Å². The molecule has 2 aliphatic heterocycles. The summed E-state index contributed by atoms with van der Waals surface area (Å²) in [6, 6.07) is 4.39. The second-order valence-corrected chi connectivity index (χ2v) is 27.8. The number of esters is 2. The molecule has 2 aromatic rings. The summed E-state index contributed by atoms with van der Waals surface area (Å²) in [5.74, 6) is 6.62. The lowest BCUT2D eigenvalue weighted by atomic mass is 9.83. The molecule has 2 aliphatic rings. The summed E-state index contributed by atoms with van der Waals surface area (Å²) in [4.78, 5) is 27.1. The van der Waals surface area contributed by atoms with Crippen LogP contribution in [0.2, 0.25) is 0 Å². The minimum atomic E-state index is -1.41. The summed E-state index contributed by atoms with van der Waals surface area (Å²) in [7, 11) is 0. The Kier molecular flexibility index (Phi) is 26.6. The first-order valence-electron chi connectivity index (χ1n) is 31.9. The number of ether oxygens (including phenoxy) is 4. The van der Waals surface area contributed by atoms with Gasteiger partial charge in [0.15, 0.2) is 11.1 Å². The largest absolute Gasteiger partial charge is 0.487 e. The smallest absolute Gasteiger partial charge is 0.311 e. The van der Waals surface area contributed by atoms with E-state index in [9.17, 15) is 20.1 Å². The highest BCUT2D eigenvalue weighted by molar-refractivity contribution is 5.75. The molecule has 10 nitrogen and oxygen atoms in total. The van der Waals surface area contributed by atoms with E-state index in [1.165, 1.54) is 89.9 Å². The van der Waals surface area contributed by atoms with Crippen LogP contribution in [0.4, 0.5) is 0 Å². The summed E-state index contributed by atoms with van der Waals surface area (Å²) in [6.45, 7) is 38.6. The number of nitrogens with zero attached hydrogens (tertiary/aromatic N) is 4. The first-order valence-corrected chi connectivity index (χ1v) is 31.9. The fourth-order valence-corrected chi connectivity index (χ4v) is 12.3. The van der Waals surface area contributed by atoms with Crippen LogP contribution in [-0.2, 0) is 22.4 Å². The van der Waals surface area contributed by atoms with Gasteiger partial charge in [-0.3, -0.25) is 9.59 Å². The lowest BCUT2D eigenvalue weighted by Gasteiger charge is -2.38. The molecule has 2 aromatic carbocycles. The van der Waals surface area contributed by atoms with Crippen LogP contribution >= 0.6 is 0 Å². The molecule has 80 heavy (non-hydrogen) atoms. The number of carbonyl (C=O) groups is 2. The van der Waals surface area contributed by atoms with E-state index in [4.69, 9.17) is 18.9 Å². The summed E-state index contributed by atoms with van der Waals surface area (Å²) < 4.78 is 25.9. The molecule has 4 rings (SSSR count). The third-order valence-electron chi connectivity index (χ3n) is 18.7. The van der Waals surface area contributed by atoms with Crippen molar-refractivity contribution >= 4 is 11.9 Å². The summed E-state index contributed by atoms with van der Waals surface area (Å²) in [6.07, 6.45) is 26.1. The zero-order valence-electron chi connectivity index (χ0n) is 54.1. The van der Waals surface area contributed by atoms with Gasteiger partial charge < -0.3 is 18.9 Å². The van der Waals surface area contributed by atoms with Crippen LogP contribution in [0, 0.1) is 99.7 Å². The Morgan fingerprint density at radius 2 is 0.800 bits per heavy atom. The Morgan fingerprint density at radius 1 is 0.500 bits per heavy atom. The Bertz CT molecular complexity index is 2300. The van der Waals surface area contributed by atoms with Crippen molar-refractivity contribution < 1.29 is 28.5 Å². The Balaban J connectivity index is 1.26. The average Bonchev–Trinajstić information content (AvgIpc) is 3.40. The highest BCUT2D eigenvalue weighted by Gasteiger charge is 2.38. The van der Waals surface area contributed by atoms with E-state index in [1.54, 1.807) is 13.8 Å². The van der Waals surface area contributed by atoms with Gasteiger partial charge in [-0.05, 0) is 202 Å². The predicted molar refractivity (Wildman–Crippen MR) is 328 cm³/mol. The van der Waals surface area contributed by atoms with Gasteiger partial charge in [-0.15, -0.1) is 0 Å². The molecular formula is C70H112N4O6. The van der Waals surface area contributed by atoms with Crippen molar-refractivity contribution in [1.82, 2.24) is 0 Å². The van der Waals surface area contributed by atoms with Crippen LogP contribution in [0.5, 0.6) is 23.0 Å². The van der Waals surface area contributed by atoms with E-state index in [-0.39, 0.29) is 36.9 Å². The molecule has 0 saturated carbocycles. The molecule has 0 saturated heterocycles. The van der Waals surface area contributed by atoms with Gasteiger partial charge in [0.25, 0.3) is 0 Å². The van der Waals surface area contributed by atoms with Gasteiger partial charge in [0, 0.05) is 24.0 Å². The Morgan fingerprint density at radius 3 is 1.10 bits per heavy atom. The van der Waals surface area contributed by atoms with Crippen molar-refractivity contribution in [3.05, 3.63) is 44.5 Å². The van der Waals surface area contributed by atoms with Crippen LogP contribution in [-0.4, -0.2) is 34.2 Å². The molecule has 0 amide bonds. The zero-order valence-corrected chi connectivity index (χ0v) is 54.1. The van der Waals surface area contributed by atoms with Crippen molar-refractivity contribution in [1.29, 1.82) is 10.5 Å². The van der Waals surface area contributed by atoms with Gasteiger partial charge in [-0.2, -0.15) is 20.8 Å². The molecule has 10 heteroatoms. The third-order valence-corrected chi connectivity index (χ3v) is 18.7. The molecule has 0 fully saturated rings. The molecule has 448 valence electrons. The van der Waals surface area contributed by atoms with Gasteiger partial charge in [0.2, 0.25) is 0 Å². The van der Waals surface area contributed by atoms with Crippen molar-refractivity contribution in [2.24, 2.45) is 45.7 Å². The van der Waals surface area contributed by atoms with E-state index in [0.29, 0.717) is 23.3 Å². The van der Waals surface area contributed by atoms with Crippen molar-refractivity contribution in [2.75, 3.05) is 0 Å². The lowest BCUT2D eigenvalue weighted by molar-refractivity contribution is -0.135. The first kappa shape index (κ1) is 68.1. The molecule has 8 atom stereocenters. The highest BCUT2D eigenvalue weighted by Crippen LogP contribution is 2.47. The molecule has 0 aliphatic carbocycles. The van der Waals surface area contributed by atoms with Crippen LogP contribution < -0.4 is 18.9 Å². The number of hydrogen-bond acceptors (Lipinski definition) is 10. The summed E-state index contributed by atoms with van der Waals surface area (Å²) in [5.41, 5.74) is 4.37. The topological polar surface area (TPSA) is 143 Å². The van der Waals surface area contributed by atoms with Crippen LogP contribution in [0.3, 0.4) is 0 Å². The van der Waals surface area contributed by atoms with Crippen LogP contribution in [0.25, 0.3) is 0 Å². The van der Waals surface area contributed by atoms with Crippen LogP contribution in [0.15, 0.2) is 10.2 Å². The monoisotopic (exact) mass is 1100 g/mol. The maximum atomic E-state index is 13.5. The molecule has 0 spiro atoms. The fraction of sp³-hybridized carbons (Fsp3) is 0.771. The zero-order chi connectivity index (χ0) is 59.6. The minimum absolute atomic E-state index is 0.0335. The van der Waals surface area contributed by atoms with E-state index < -0.39 is 23.0 Å².